The van der Waals surface area contributed by atoms with Gasteiger partial charge in [0.05, 0.1) is 4.92 Å². The van der Waals surface area contributed by atoms with Crippen LogP contribution in [-0.4, -0.2) is 17.4 Å². The maximum absolute atomic E-state index is 12.8. The normalized spacial score (nSPS) is 13.1. The van der Waals surface area contributed by atoms with Gasteiger partial charge in [0, 0.05) is 23.9 Å². The Morgan fingerprint density at radius 3 is 2.78 bits per heavy atom. The van der Waals surface area contributed by atoms with E-state index in [4.69, 9.17) is 5.26 Å². The van der Waals surface area contributed by atoms with Crippen LogP contribution >= 0.6 is 0 Å². The topological polar surface area (TPSA) is 87.2 Å². The van der Waals surface area contributed by atoms with Crippen LogP contribution in [0.25, 0.3) is 0 Å². The van der Waals surface area contributed by atoms with E-state index >= 15 is 0 Å². The minimum atomic E-state index is -0.639. The number of hydrogen-bond acceptors (Lipinski definition) is 4. The Balaban J connectivity index is 2.01. The van der Waals surface area contributed by atoms with Crippen molar-refractivity contribution in [1.29, 1.82) is 5.26 Å². The molecule has 2 aromatic rings. The van der Waals surface area contributed by atoms with E-state index in [-0.39, 0.29) is 22.7 Å². The number of aryl methyl sites for hydroxylation is 1. The van der Waals surface area contributed by atoms with Crippen LogP contribution in [0.2, 0.25) is 0 Å². The Morgan fingerprint density at radius 2 is 2.04 bits per heavy atom. The second kappa shape index (κ2) is 5.89. The maximum atomic E-state index is 12.8. The van der Waals surface area contributed by atoms with Gasteiger partial charge in [-0.1, -0.05) is 18.2 Å². The van der Waals surface area contributed by atoms with Crippen LogP contribution in [-0.2, 0) is 6.42 Å². The fraction of sp³-hybridized carbons (Fsp3) is 0.176. The van der Waals surface area contributed by atoms with E-state index < -0.39 is 4.92 Å². The van der Waals surface area contributed by atoms with Crippen LogP contribution in [0.5, 0.6) is 0 Å². The summed E-state index contributed by atoms with van der Waals surface area (Å²) in [5.41, 5.74) is 1.76. The lowest BCUT2D eigenvalue weighted by atomic mass is 10.0. The van der Waals surface area contributed by atoms with Gasteiger partial charge in [0.25, 0.3) is 11.6 Å². The van der Waals surface area contributed by atoms with Crippen LogP contribution in [0, 0.1) is 21.4 Å². The molecule has 0 aromatic heterocycles. The molecular weight excluding hydrogens is 294 g/mol. The summed E-state index contributed by atoms with van der Waals surface area (Å²) in [7, 11) is 0. The second-order valence-corrected chi connectivity index (χ2v) is 5.29. The zero-order valence-corrected chi connectivity index (χ0v) is 12.2. The van der Waals surface area contributed by atoms with Gasteiger partial charge in [0.15, 0.2) is 0 Å². The summed E-state index contributed by atoms with van der Waals surface area (Å²) >= 11 is 0. The van der Waals surface area contributed by atoms with Crippen LogP contribution < -0.4 is 4.90 Å². The maximum Gasteiger partial charge on any atom is 0.287 e. The number of carbonyl (C=O) groups is 1. The first kappa shape index (κ1) is 14.7. The lowest BCUT2D eigenvalue weighted by molar-refractivity contribution is -0.385. The van der Waals surface area contributed by atoms with E-state index in [1.165, 1.54) is 18.2 Å². The molecule has 0 saturated heterocycles. The fourth-order valence-corrected chi connectivity index (χ4v) is 2.81. The molecule has 6 heteroatoms. The predicted molar refractivity (Wildman–Crippen MR) is 84.3 cm³/mol. The molecule has 3 rings (SSSR count). The summed E-state index contributed by atoms with van der Waals surface area (Å²) in [6.45, 7) is 0.573. The Morgan fingerprint density at radius 1 is 1.26 bits per heavy atom. The van der Waals surface area contributed by atoms with Crippen molar-refractivity contribution in [2.75, 3.05) is 11.4 Å². The fourth-order valence-electron chi connectivity index (χ4n) is 2.81. The highest BCUT2D eigenvalue weighted by atomic mass is 16.6. The van der Waals surface area contributed by atoms with E-state index in [1.54, 1.807) is 11.0 Å². The van der Waals surface area contributed by atoms with Crippen LogP contribution in [0.1, 0.15) is 27.9 Å². The number of para-hydroxylation sites is 1. The number of nitriles is 1. The summed E-state index contributed by atoms with van der Waals surface area (Å²) in [5.74, 6) is -0.287. The summed E-state index contributed by atoms with van der Waals surface area (Å²) in [5, 5.41) is 20.0. The van der Waals surface area contributed by atoms with E-state index in [2.05, 4.69) is 0 Å². The number of rotatable bonds is 2. The molecule has 0 radical (unpaired) electrons. The molecule has 114 valence electrons. The number of nitro benzene ring substituents is 1. The molecule has 1 aliphatic heterocycles. The molecule has 1 aliphatic rings. The molecule has 0 unspecified atom stereocenters. The third-order valence-corrected chi connectivity index (χ3v) is 3.92. The third-order valence-electron chi connectivity index (χ3n) is 3.92. The summed E-state index contributed by atoms with van der Waals surface area (Å²) in [6, 6.07) is 13.4. The number of hydrogen-bond donors (Lipinski definition) is 0. The Hall–Kier alpha value is -3.20. The van der Waals surface area contributed by atoms with Crippen molar-refractivity contribution in [3.8, 4) is 6.07 Å². The minimum Gasteiger partial charge on any atom is -0.308 e. The molecule has 0 saturated carbocycles. The van der Waals surface area contributed by atoms with Crippen molar-refractivity contribution in [1.82, 2.24) is 0 Å². The van der Waals surface area contributed by atoms with Crippen LogP contribution in [0.15, 0.2) is 42.5 Å². The molecule has 1 amide bonds. The number of nitrogens with zero attached hydrogens (tertiary/aromatic N) is 3. The average Bonchev–Trinajstić information content (AvgIpc) is 2.60. The number of benzene rings is 2. The van der Waals surface area contributed by atoms with Crippen molar-refractivity contribution < 1.29 is 9.72 Å². The molecule has 0 fully saturated rings. The lowest BCUT2D eigenvalue weighted by Crippen LogP contribution is -2.35. The summed E-state index contributed by atoms with van der Waals surface area (Å²) < 4.78 is 0. The highest BCUT2D eigenvalue weighted by molar-refractivity contribution is 6.07. The van der Waals surface area contributed by atoms with Crippen molar-refractivity contribution in [3.63, 3.8) is 0 Å². The van der Waals surface area contributed by atoms with Gasteiger partial charge >= 0.3 is 0 Å². The van der Waals surface area contributed by atoms with Gasteiger partial charge in [0.2, 0.25) is 0 Å². The lowest BCUT2D eigenvalue weighted by Gasteiger charge is -2.29. The first-order valence-corrected chi connectivity index (χ1v) is 7.20. The largest absolute Gasteiger partial charge is 0.308 e. The van der Waals surface area contributed by atoms with Gasteiger partial charge in [-0.3, -0.25) is 14.9 Å². The number of carbonyl (C=O) groups excluding carboxylic acids is 1. The molecule has 23 heavy (non-hydrogen) atoms. The van der Waals surface area contributed by atoms with Crippen LogP contribution in [0.3, 0.4) is 0 Å². The number of fused-ring (bicyclic) bond motifs is 1. The van der Waals surface area contributed by atoms with E-state index in [0.29, 0.717) is 6.54 Å². The first-order chi connectivity index (χ1) is 11.1. The standard InChI is InChI=1S/C17H13N3O3/c18-11-14-8-7-13(10-16(14)20(22)23)17(21)19-9-3-5-12-4-1-2-6-15(12)19/h1-2,4,6-8,10H,3,5,9H2. The van der Waals surface area contributed by atoms with Gasteiger partial charge in [-0.2, -0.15) is 5.26 Å². The molecule has 0 bridgehead atoms. The van der Waals surface area contributed by atoms with Crippen molar-refractivity contribution in [3.05, 3.63) is 69.3 Å². The van der Waals surface area contributed by atoms with Gasteiger partial charge in [-0.25, -0.2) is 0 Å². The van der Waals surface area contributed by atoms with Crippen molar-refractivity contribution in [2.24, 2.45) is 0 Å². The first-order valence-electron chi connectivity index (χ1n) is 7.20. The molecule has 2 aromatic carbocycles. The molecular formula is C17H13N3O3. The van der Waals surface area contributed by atoms with Gasteiger partial charge in [0.1, 0.15) is 11.6 Å². The van der Waals surface area contributed by atoms with Gasteiger partial charge < -0.3 is 4.90 Å². The third kappa shape index (κ3) is 2.64. The quantitative estimate of drug-likeness (QED) is 0.630. The van der Waals surface area contributed by atoms with Gasteiger partial charge in [-0.05, 0) is 36.6 Å². The average molecular weight is 307 g/mol. The van der Waals surface area contributed by atoms with E-state index in [1.807, 2.05) is 24.3 Å². The molecule has 1 heterocycles. The summed E-state index contributed by atoms with van der Waals surface area (Å²) in [6.07, 6.45) is 1.76. The highest BCUT2D eigenvalue weighted by Gasteiger charge is 2.25. The smallest absolute Gasteiger partial charge is 0.287 e. The zero-order valence-electron chi connectivity index (χ0n) is 12.2. The minimum absolute atomic E-state index is 0.0504. The second-order valence-electron chi connectivity index (χ2n) is 5.29. The Bertz CT molecular complexity index is 839. The number of anilines is 1. The Kier molecular flexibility index (Phi) is 3.77. The van der Waals surface area contributed by atoms with Gasteiger partial charge in [-0.15, -0.1) is 0 Å². The van der Waals surface area contributed by atoms with E-state index in [0.717, 1.165) is 24.1 Å². The Labute approximate surface area is 132 Å². The predicted octanol–water partition coefficient (Wildman–Crippen LogP) is 3.06. The monoisotopic (exact) mass is 307 g/mol. The highest BCUT2D eigenvalue weighted by Crippen LogP contribution is 2.29. The zero-order chi connectivity index (χ0) is 16.4. The molecule has 0 spiro atoms. The SMILES string of the molecule is N#Cc1ccc(C(=O)N2CCCc3ccccc32)cc1[N+](=O)[O-]. The molecule has 0 aliphatic carbocycles. The van der Waals surface area contributed by atoms with Crippen molar-refractivity contribution >= 4 is 17.3 Å². The number of nitro groups is 1. The molecule has 0 N–H and O–H groups in total. The molecule has 6 nitrogen and oxygen atoms in total. The number of amides is 1. The molecule has 0 atom stereocenters. The van der Waals surface area contributed by atoms with Crippen molar-refractivity contribution in [2.45, 2.75) is 12.8 Å². The summed E-state index contributed by atoms with van der Waals surface area (Å²) in [4.78, 5) is 24.8. The van der Waals surface area contributed by atoms with E-state index in [9.17, 15) is 14.9 Å². The van der Waals surface area contributed by atoms with Crippen LogP contribution in [0.4, 0.5) is 11.4 Å².